The summed E-state index contributed by atoms with van der Waals surface area (Å²) in [7, 11) is 0. The van der Waals surface area contributed by atoms with E-state index in [1.165, 1.54) is 83.1 Å². The first-order valence-electron chi connectivity index (χ1n) is 19.2. The molecule has 0 saturated carbocycles. The molecule has 1 atom stereocenters. The summed E-state index contributed by atoms with van der Waals surface area (Å²) in [4.78, 5) is 0. The molecule has 1 unspecified atom stereocenters. The van der Waals surface area contributed by atoms with E-state index in [9.17, 15) is 0 Å². The summed E-state index contributed by atoms with van der Waals surface area (Å²) in [5.41, 5.74) is 16.5. The van der Waals surface area contributed by atoms with Crippen LogP contribution in [0.4, 0.5) is 0 Å². The Morgan fingerprint density at radius 1 is 0.273 bits per heavy atom. The van der Waals surface area contributed by atoms with E-state index >= 15 is 0 Å². The molecule has 256 valence electrons. The quantitative estimate of drug-likeness (QED) is 0.178. The molecule has 2 aliphatic carbocycles. The lowest BCUT2D eigenvalue weighted by Gasteiger charge is -2.39. The summed E-state index contributed by atoms with van der Waals surface area (Å²) in [6.45, 7) is 0. The Morgan fingerprint density at radius 3 is 1.42 bits per heavy atom. The minimum Gasteiger partial charge on any atom is -0.457 e. The van der Waals surface area contributed by atoms with Crippen LogP contribution >= 0.6 is 0 Å². The zero-order chi connectivity index (χ0) is 36.1. The molecule has 0 fully saturated rings. The Bertz CT molecular complexity index is 2980. The van der Waals surface area contributed by atoms with Crippen molar-refractivity contribution in [2.45, 2.75) is 10.8 Å². The second kappa shape index (κ2) is 11.3. The van der Waals surface area contributed by atoms with Gasteiger partial charge >= 0.3 is 0 Å². The summed E-state index contributed by atoms with van der Waals surface area (Å²) in [5, 5.41) is 2.50. The highest BCUT2D eigenvalue weighted by Gasteiger charge is 2.51. The van der Waals surface area contributed by atoms with Crippen LogP contribution in [-0.4, -0.2) is 0 Å². The molecule has 1 heterocycles. The van der Waals surface area contributed by atoms with Crippen LogP contribution in [0.2, 0.25) is 0 Å². The van der Waals surface area contributed by atoms with Crippen LogP contribution in [0.1, 0.15) is 44.5 Å². The van der Waals surface area contributed by atoms with Gasteiger partial charge in [0.25, 0.3) is 0 Å². The number of hydrogen-bond donors (Lipinski definition) is 0. The fraction of sp³-hybridized carbons (Fsp3) is 0.0370. The van der Waals surface area contributed by atoms with E-state index in [1.807, 2.05) is 0 Å². The molecule has 0 aromatic heterocycles. The van der Waals surface area contributed by atoms with Gasteiger partial charge in [-0.25, -0.2) is 0 Å². The van der Waals surface area contributed by atoms with E-state index in [1.54, 1.807) is 0 Å². The predicted molar refractivity (Wildman–Crippen MR) is 224 cm³/mol. The van der Waals surface area contributed by atoms with Gasteiger partial charge in [0.1, 0.15) is 11.5 Å². The second-order valence-electron chi connectivity index (χ2n) is 15.1. The number of fused-ring (bicyclic) bond motifs is 13. The van der Waals surface area contributed by atoms with Gasteiger partial charge in [0.2, 0.25) is 0 Å². The number of para-hydroxylation sites is 1. The zero-order valence-corrected chi connectivity index (χ0v) is 30.0. The van der Waals surface area contributed by atoms with E-state index in [4.69, 9.17) is 4.74 Å². The Balaban J connectivity index is 1.14. The van der Waals surface area contributed by atoms with Gasteiger partial charge in [-0.05, 0) is 102 Å². The maximum absolute atomic E-state index is 6.99. The van der Waals surface area contributed by atoms with Crippen molar-refractivity contribution < 1.29 is 4.74 Å². The van der Waals surface area contributed by atoms with E-state index in [2.05, 4.69) is 206 Å². The SMILES string of the molecule is c1ccc(C2(c3ccccc3-c3ccc4c(c3)Oc3ccccc3C43c4ccccc4-c4ccccc43)c3ccccc3-c3cc4ccccc4cc32)cc1. The topological polar surface area (TPSA) is 9.23 Å². The minimum atomic E-state index is -0.554. The molecule has 3 aliphatic rings. The van der Waals surface area contributed by atoms with Gasteiger partial charge in [-0.3, -0.25) is 0 Å². The molecule has 1 nitrogen and oxygen atoms in total. The first kappa shape index (κ1) is 30.5. The van der Waals surface area contributed by atoms with Gasteiger partial charge < -0.3 is 4.74 Å². The average molecular weight is 699 g/mol. The lowest BCUT2D eigenvalue weighted by atomic mass is 9.65. The third-order valence-electron chi connectivity index (χ3n) is 12.6. The first-order valence-corrected chi connectivity index (χ1v) is 19.2. The van der Waals surface area contributed by atoms with Crippen molar-refractivity contribution in [1.29, 1.82) is 0 Å². The minimum absolute atomic E-state index is 0.495. The molecular formula is C54H34O. The maximum atomic E-state index is 6.99. The van der Waals surface area contributed by atoms with Gasteiger partial charge in [-0.1, -0.05) is 182 Å². The van der Waals surface area contributed by atoms with Gasteiger partial charge in [0.05, 0.1) is 10.8 Å². The fourth-order valence-corrected chi connectivity index (χ4v) is 10.5. The van der Waals surface area contributed by atoms with Crippen LogP contribution in [0.15, 0.2) is 206 Å². The molecule has 1 spiro atoms. The van der Waals surface area contributed by atoms with Gasteiger partial charge in [-0.2, -0.15) is 0 Å². The number of ether oxygens (including phenoxy) is 1. The Labute approximate surface area is 320 Å². The smallest absolute Gasteiger partial charge is 0.132 e. The summed E-state index contributed by atoms with van der Waals surface area (Å²) in [5.74, 6) is 1.79. The van der Waals surface area contributed by atoms with Crippen molar-refractivity contribution in [2.75, 3.05) is 0 Å². The first-order chi connectivity index (χ1) is 27.3. The van der Waals surface area contributed by atoms with E-state index in [0.717, 1.165) is 17.1 Å². The summed E-state index contributed by atoms with van der Waals surface area (Å²) in [6, 6.07) is 76.2. The van der Waals surface area contributed by atoms with Crippen LogP contribution in [0.3, 0.4) is 0 Å². The number of rotatable bonds is 3. The molecule has 9 aromatic carbocycles. The number of hydrogen-bond acceptors (Lipinski definition) is 1. The second-order valence-corrected chi connectivity index (χ2v) is 15.1. The third-order valence-corrected chi connectivity index (χ3v) is 12.6. The molecular weight excluding hydrogens is 665 g/mol. The van der Waals surface area contributed by atoms with Crippen molar-refractivity contribution >= 4 is 10.8 Å². The highest BCUT2D eigenvalue weighted by atomic mass is 16.5. The zero-order valence-electron chi connectivity index (χ0n) is 30.0. The van der Waals surface area contributed by atoms with E-state index in [-0.39, 0.29) is 0 Å². The lowest BCUT2D eigenvalue weighted by Crippen LogP contribution is -2.32. The van der Waals surface area contributed by atoms with Gasteiger partial charge in [-0.15, -0.1) is 0 Å². The molecule has 0 radical (unpaired) electrons. The largest absolute Gasteiger partial charge is 0.457 e. The van der Waals surface area contributed by atoms with Crippen molar-refractivity contribution in [1.82, 2.24) is 0 Å². The molecule has 1 heteroatoms. The van der Waals surface area contributed by atoms with E-state index in [0.29, 0.717) is 0 Å². The van der Waals surface area contributed by atoms with Crippen LogP contribution in [0.25, 0.3) is 44.2 Å². The normalized spacial score (nSPS) is 16.4. The standard InChI is InChI=1S/C54H34O/c1-2-18-38(19-3-1)53(45-25-11-9-23-42(45)43-32-35-16-4-5-17-36(35)33-50(43)53)44-24-10-6-20-39(44)37-30-31-49-52(34-37)55-51-29-15-14-28-48(51)54(49)46-26-12-7-21-40(46)41-22-8-13-27-47(41)54/h1-34H. The fourth-order valence-electron chi connectivity index (χ4n) is 10.5. The van der Waals surface area contributed by atoms with Crippen LogP contribution < -0.4 is 4.74 Å². The Morgan fingerprint density at radius 2 is 0.745 bits per heavy atom. The molecule has 12 rings (SSSR count). The lowest BCUT2D eigenvalue weighted by molar-refractivity contribution is 0.436. The van der Waals surface area contributed by atoms with Crippen LogP contribution in [0.5, 0.6) is 11.5 Å². The van der Waals surface area contributed by atoms with Crippen molar-refractivity contribution in [3.05, 3.63) is 251 Å². The molecule has 0 saturated heterocycles. The van der Waals surface area contributed by atoms with Gasteiger partial charge in [0, 0.05) is 11.1 Å². The third kappa shape index (κ3) is 3.92. The monoisotopic (exact) mass is 698 g/mol. The summed E-state index contributed by atoms with van der Waals surface area (Å²) < 4.78 is 6.99. The summed E-state index contributed by atoms with van der Waals surface area (Å²) >= 11 is 0. The Kier molecular flexibility index (Phi) is 6.25. The average Bonchev–Trinajstić information content (AvgIpc) is 3.71. The van der Waals surface area contributed by atoms with E-state index < -0.39 is 10.8 Å². The molecule has 1 aliphatic heterocycles. The highest BCUT2D eigenvalue weighted by Crippen LogP contribution is 2.63. The number of benzene rings is 9. The Hall–Kier alpha value is -6.96. The molecule has 0 bridgehead atoms. The van der Waals surface area contributed by atoms with Crippen molar-refractivity contribution in [3.8, 4) is 44.9 Å². The van der Waals surface area contributed by atoms with Crippen molar-refractivity contribution in [2.24, 2.45) is 0 Å². The van der Waals surface area contributed by atoms with Crippen LogP contribution in [-0.2, 0) is 10.8 Å². The summed E-state index contributed by atoms with van der Waals surface area (Å²) in [6.07, 6.45) is 0. The molecule has 55 heavy (non-hydrogen) atoms. The maximum Gasteiger partial charge on any atom is 0.132 e. The van der Waals surface area contributed by atoms with Crippen molar-refractivity contribution in [3.63, 3.8) is 0 Å². The van der Waals surface area contributed by atoms with Crippen LogP contribution in [0, 0.1) is 0 Å². The molecule has 9 aromatic rings. The molecule has 0 N–H and O–H groups in total. The highest BCUT2D eigenvalue weighted by molar-refractivity contribution is 5.97. The predicted octanol–water partition coefficient (Wildman–Crippen LogP) is 13.3. The molecule has 0 amide bonds. The van der Waals surface area contributed by atoms with Gasteiger partial charge in [0.15, 0.2) is 0 Å².